The van der Waals surface area contributed by atoms with E-state index in [1.165, 1.54) is 334 Å². The molecule has 0 amide bonds. The van der Waals surface area contributed by atoms with Crippen LogP contribution in [-0.2, 0) is 19.1 Å². The van der Waals surface area contributed by atoms with Crippen molar-refractivity contribution in [3.8, 4) is 0 Å². The van der Waals surface area contributed by atoms with Crippen molar-refractivity contribution in [2.75, 3.05) is 26.4 Å². The summed E-state index contributed by atoms with van der Waals surface area (Å²) in [4.78, 5) is 24.8. The molecular weight excluding hydrogens is 913 g/mol. The quantitative estimate of drug-likeness (QED) is 0.0358. The Labute approximate surface area is 462 Å². The van der Waals surface area contributed by atoms with Gasteiger partial charge in [-0.3, -0.25) is 9.59 Å². The third kappa shape index (κ3) is 48.9. The number of cyclic esters (lactones) is 2. The van der Waals surface area contributed by atoms with Crippen LogP contribution in [0.3, 0.4) is 0 Å². The van der Waals surface area contributed by atoms with Crippen LogP contribution >= 0.6 is 0 Å². The number of aliphatic hydroxyl groups excluding tert-OH is 2. The van der Waals surface area contributed by atoms with Crippen LogP contribution in [0.5, 0.6) is 0 Å². The zero-order valence-electron chi connectivity index (χ0n) is 49.9. The summed E-state index contributed by atoms with van der Waals surface area (Å²) in [5.41, 5.74) is -1.12. The van der Waals surface area contributed by atoms with E-state index in [-0.39, 0.29) is 19.6 Å². The molecule has 1 heterocycles. The molecule has 0 saturated carbocycles. The van der Waals surface area contributed by atoms with E-state index >= 15 is 0 Å². The van der Waals surface area contributed by atoms with Crippen LogP contribution in [0, 0.1) is 11.3 Å². The van der Waals surface area contributed by atoms with Crippen molar-refractivity contribution in [3.05, 3.63) is 12.2 Å². The number of rotatable bonds is 59. The van der Waals surface area contributed by atoms with E-state index in [4.69, 9.17) is 9.47 Å². The van der Waals surface area contributed by atoms with Gasteiger partial charge in [0.15, 0.2) is 0 Å². The van der Waals surface area contributed by atoms with Crippen molar-refractivity contribution in [2.24, 2.45) is 11.3 Å². The van der Waals surface area contributed by atoms with Crippen LogP contribution in [-0.4, -0.2) is 48.6 Å². The summed E-state index contributed by atoms with van der Waals surface area (Å²) >= 11 is 0. The van der Waals surface area contributed by atoms with Crippen molar-refractivity contribution in [1.82, 2.24) is 0 Å². The SMILES string of the molecule is CCCCCCCCCCCCCCCCCCCCCCCCCCCCCCCCC/C=C/CCCCCCCCCCCCCCCCCCCCCCCCC1CC(=O)OCC(CO)(CO)COC1=O. The van der Waals surface area contributed by atoms with Gasteiger partial charge in [0, 0.05) is 0 Å². The van der Waals surface area contributed by atoms with Gasteiger partial charge in [-0.1, -0.05) is 347 Å². The van der Waals surface area contributed by atoms with Gasteiger partial charge in [-0.2, -0.15) is 0 Å². The first kappa shape index (κ1) is 70.6. The molecular formula is C68H130O6. The molecule has 0 aromatic heterocycles. The standard InChI is InChI=1S/C68H130O6/c1-2-3-4-5-6-7-8-9-10-11-12-13-14-15-16-17-18-19-20-21-22-23-24-25-26-27-28-29-30-31-32-33-34-35-36-37-38-39-40-41-42-43-44-45-46-47-48-49-50-51-52-53-54-55-56-57-58-59-65-60-66(71)73-63-68(61-69,62-70)64-74-67(65)72/h34-35,65,69-70H,2-33,36-64H2,1H3/b35-34+. The number of allylic oxidation sites excluding steroid dienone is 2. The molecule has 0 aromatic rings. The molecule has 2 N–H and O–H groups in total. The first-order valence-corrected chi connectivity index (χ1v) is 33.8. The summed E-state index contributed by atoms with van der Waals surface area (Å²) in [6, 6.07) is 0. The minimum Gasteiger partial charge on any atom is -0.465 e. The largest absolute Gasteiger partial charge is 0.465 e. The molecule has 1 saturated heterocycles. The minimum absolute atomic E-state index is 0.00427. The van der Waals surface area contributed by atoms with Crippen molar-refractivity contribution >= 4 is 11.9 Å². The summed E-state index contributed by atoms with van der Waals surface area (Å²) in [5, 5.41) is 19.2. The van der Waals surface area contributed by atoms with E-state index < -0.39 is 36.5 Å². The average molecular weight is 1040 g/mol. The molecule has 6 nitrogen and oxygen atoms in total. The molecule has 1 rings (SSSR count). The summed E-state index contributed by atoms with van der Waals surface area (Å²) in [7, 11) is 0. The lowest BCUT2D eigenvalue weighted by Crippen LogP contribution is -2.40. The van der Waals surface area contributed by atoms with Gasteiger partial charge in [0.05, 0.1) is 31.0 Å². The lowest BCUT2D eigenvalue weighted by Gasteiger charge is -2.27. The maximum Gasteiger partial charge on any atom is 0.309 e. The van der Waals surface area contributed by atoms with Crippen LogP contribution < -0.4 is 0 Å². The topological polar surface area (TPSA) is 93.1 Å². The van der Waals surface area contributed by atoms with Crippen molar-refractivity contribution in [1.29, 1.82) is 0 Å². The number of unbranched alkanes of at least 4 members (excludes halogenated alkanes) is 53. The third-order valence-corrected chi connectivity index (χ3v) is 16.8. The second-order valence-corrected chi connectivity index (χ2v) is 24.2. The molecule has 0 spiro atoms. The van der Waals surface area contributed by atoms with Gasteiger partial charge < -0.3 is 19.7 Å². The van der Waals surface area contributed by atoms with E-state index in [0.717, 1.165) is 19.3 Å². The predicted molar refractivity (Wildman–Crippen MR) is 320 cm³/mol. The maximum atomic E-state index is 12.6. The fraction of sp³-hybridized carbons (Fsp3) is 0.941. The van der Waals surface area contributed by atoms with Crippen LogP contribution in [0.2, 0.25) is 0 Å². The van der Waals surface area contributed by atoms with Gasteiger partial charge in [-0.15, -0.1) is 0 Å². The molecule has 6 heteroatoms. The van der Waals surface area contributed by atoms with Gasteiger partial charge >= 0.3 is 11.9 Å². The van der Waals surface area contributed by atoms with Crippen LogP contribution in [0.1, 0.15) is 373 Å². The number of aliphatic hydroxyl groups is 2. The molecule has 1 aliphatic rings. The third-order valence-electron chi connectivity index (χ3n) is 16.8. The van der Waals surface area contributed by atoms with E-state index in [1.54, 1.807) is 0 Å². The summed E-state index contributed by atoms with van der Waals surface area (Å²) in [6.07, 6.45) is 83.1. The fourth-order valence-electron chi connectivity index (χ4n) is 11.3. The van der Waals surface area contributed by atoms with Gasteiger partial charge in [0.2, 0.25) is 0 Å². The maximum absolute atomic E-state index is 12.6. The first-order valence-electron chi connectivity index (χ1n) is 33.8. The van der Waals surface area contributed by atoms with Gasteiger partial charge in [-0.05, 0) is 32.1 Å². The highest BCUT2D eigenvalue weighted by Crippen LogP contribution is 2.25. The molecule has 0 radical (unpaired) electrons. The Hall–Kier alpha value is -1.40. The highest BCUT2D eigenvalue weighted by molar-refractivity contribution is 5.80. The molecule has 0 bridgehead atoms. The minimum atomic E-state index is -1.12. The molecule has 1 unspecified atom stereocenters. The average Bonchev–Trinajstić information content (AvgIpc) is 3.47. The Morgan fingerprint density at radius 2 is 0.581 bits per heavy atom. The molecule has 74 heavy (non-hydrogen) atoms. The normalized spacial score (nSPS) is 15.1. The van der Waals surface area contributed by atoms with E-state index in [2.05, 4.69) is 19.1 Å². The van der Waals surface area contributed by atoms with Gasteiger partial charge in [0.25, 0.3) is 0 Å². The summed E-state index contributed by atoms with van der Waals surface area (Å²) in [5.74, 6) is -1.40. The molecule has 1 aliphatic heterocycles. The number of ether oxygens (including phenoxy) is 2. The van der Waals surface area contributed by atoms with E-state index in [1.807, 2.05) is 0 Å². The zero-order chi connectivity index (χ0) is 53.2. The fourth-order valence-corrected chi connectivity index (χ4v) is 11.3. The van der Waals surface area contributed by atoms with E-state index in [0.29, 0.717) is 6.42 Å². The Morgan fingerprint density at radius 1 is 0.351 bits per heavy atom. The molecule has 438 valence electrons. The smallest absolute Gasteiger partial charge is 0.309 e. The van der Waals surface area contributed by atoms with Crippen molar-refractivity contribution in [3.63, 3.8) is 0 Å². The van der Waals surface area contributed by atoms with Crippen LogP contribution in [0.4, 0.5) is 0 Å². The van der Waals surface area contributed by atoms with Crippen molar-refractivity contribution < 1.29 is 29.3 Å². The molecule has 0 aromatic carbocycles. The van der Waals surface area contributed by atoms with E-state index in [9.17, 15) is 19.8 Å². The lowest BCUT2D eigenvalue weighted by atomic mass is 9.92. The Kier molecular flexibility index (Phi) is 55.1. The van der Waals surface area contributed by atoms with Gasteiger partial charge in [-0.25, -0.2) is 0 Å². The first-order chi connectivity index (χ1) is 36.6. The Bertz CT molecular complexity index is 1160. The van der Waals surface area contributed by atoms with Crippen molar-refractivity contribution in [2.45, 2.75) is 373 Å². The summed E-state index contributed by atoms with van der Waals surface area (Å²) in [6.45, 7) is 1.21. The Balaban J connectivity index is 1.68. The number of carbonyl (C=O) groups excluding carboxylic acids is 2. The number of carbonyl (C=O) groups is 2. The Morgan fingerprint density at radius 3 is 0.838 bits per heavy atom. The number of hydrogen-bond donors (Lipinski definition) is 2. The molecule has 1 atom stereocenters. The number of esters is 2. The monoisotopic (exact) mass is 1040 g/mol. The predicted octanol–water partition coefficient (Wildman–Crippen LogP) is 21.5. The molecule has 0 aliphatic carbocycles. The van der Waals surface area contributed by atoms with Crippen LogP contribution in [0.15, 0.2) is 12.2 Å². The van der Waals surface area contributed by atoms with Gasteiger partial charge in [0.1, 0.15) is 13.2 Å². The highest BCUT2D eigenvalue weighted by atomic mass is 16.6. The summed E-state index contributed by atoms with van der Waals surface area (Å²) < 4.78 is 10.6. The second-order valence-electron chi connectivity index (χ2n) is 24.2. The second kappa shape index (κ2) is 57.8. The molecule has 1 fully saturated rings. The number of hydrogen-bond acceptors (Lipinski definition) is 6. The zero-order valence-corrected chi connectivity index (χ0v) is 49.9. The van der Waals surface area contributed by atoms with Crippen LogP contribution in [0.25, 0.3) is 0 Å². The lowest BCUT2D eigenvalue weighted by molar-refractivity contribution is -0.155. The highest BCUT2D eigenvalue weighted by Gasteiger charge is 2.36.